The first-order valence-corrected chi connectivity index (χ1v) is 8.99. The van der Waals surface area contributed by atoms with Gasteiger partial charge in [-0.05, 0) is 49.5 Å². The van der Waals surface area contributed by atoms with Crippen LogP contribution in [0.3, 0.4) is 0 Å². The van der Waals surface area contributed by atoms with Crippen LogP contribution in [0.1, 0.15) is 31.2 Å². The monoisotopic (exact) mass is 363 g/mol. The normalized spacial score (nSPS) is 20.2. The van der Waals surface area contributed by atoms with Gasteiger partial charge in [0.15, 0.2) is 0 Å². The van der Waals surface area contributed by atoms with Crippen LogP contribution in [-0.4, -0.2) is 38.9 Å². The zero-order valence-electron chi connectivity index (χ0n) is 12.9. The van der Waals surface area contributed by atoms with Gasteiger partial charge in [-0.2, -0.15) is 0 Å². The van der Waals surface area contributed by atoms with Gasteiger partial charge in [0, 0.05) is 0 Å². The molecule has 1 N–H and O–H groups in total. The van der Waals surface area contributed by atoms with Crippen molar-refractivity contribution in [1.82, 2.24) is 4.90 Å². The number of hydrogen-bond donors (Lipinski definition) is 1. The quantitative estimate of drug-likeness (QED) is 0.640. The molecule has 1 aliphatic heterocycles. The molecule has 2 fully saturated rings. The van der Waals surface area contributed by atoms with Crippen LogP contribution in [0.4, 0.5) is 0 Å². The molecule has 0 bridgehead atoms. The first-order valence-electron chi connectivity index (χ1n) is 7.77. The molecule has 126 valence electrons. The van der Waals surface area contributed by atoms with Crippen molar-refractivity contribution >= 4 is 46.3 Å². The second-order valence-corrected chi connectivity index (χ2v) is 7.43. The van der Waals surface area contributed by atoms with E-state index in [2.05, 4.69) is 0 Å². The van der Waals surface area contributed by atoms with Crippen molar-refractivity contribution in [2.45, 2.75) is 31.8 Å². The average molecular weight is 363 g/mol. The molecule has 24 heavy (non-hydrogen) atoms. The van der Waals surface area contributed by atoms with E-state index in [0.29, 0.717) is 4.91 Å². The second kappa shape index (κ2) is 7.36. The fourth-order valence-electron chi connectivity index (χ4n) is 2.80. The third-order valence-electron chi connectivity index (χ3n) is 3.93. The first-order chi connectivity index (χ1) is 11.5. The predicted molar refractivity (Wildman–Crippen MR) is 96.8 cm³/mol. The maximum Gasteiger partial charge on any atom is 0.323 e. The minimum atomic E-state index is -1.08. The fourth-order valence-corrected chi connectivity index (χ4v) is 4.05. The van der Waals surface area contributed by atoms with Crippen molar-refractivity contribution in [1.29, 1.82) is 0 Å². The van der Waals surface area contributed by atoms with Crippen LogP contribution in [0, 0.1) is 0 Å². The highest BCUT2D eigenvalue weighted by atomic mass is 32.2. The van der Waals surface area contributed by atoms with Crippen LogP contribution < -0.4 is 4.74 Å². The number of ether oxygens (including phenoxy) is 1. The number of thiocarbonyl (C=S) groups is 1. The van der Waals surface area contributed by atoms with Crippen molar-refractivity contribution in [3.63, 3.8) is 0 Å². The number of carboxylic acids is 1. The van der Waals surface area contributed by atoms with E-state index in [4.69, 9.17) is 22.1 Å². The van der Waals surface area contributed by atoms with Gasteiger partial charge in [-0.1, -0.05) is 36.1 Å². The number of hydrogen-bond acceptors (Lipinski definition) is 5. The molecular formula is C17H17NO4S2. The maximum atomic E-state index is 12.3. The highest BCUT2D eigenvalue weighted by Gasteiger charge is 2.33. The predicted octanol–water partition coefficient (Wildman–Crippen LogP) is 3.29. The lowest BCUT2D eigenvalue weighted by atomic mass is 10.2. The van der Waals surface area contributed by atoms with Crippen molar-refractivity contribution in [3.05, 3.63) is 34.7 Å². The summed E-state index contributed by atoms with van der Waals surface area (Å²) in [7, 11) is 0. The molecule has 3 rings (SSSR count). The minimum absolute atomic E-state index is 0.270. The number of carbonyl (C=O) groups is 2. The largest absolute Gasteiger partial charge is 0.490 e. The summed E-state index contributed by atoms with van der Waals surface area (Å²) in [5.41, 5.74) is 0.835. The number of thioether (sulfide) groups is 1. The third-order valence-corrected chi connectivity index (χ3v) is 5.31. The Labute approximate surface area is 149 Å². The summed E-state index contributed by atoms with van der Waals surface area (Å²) in [5.74, 6) is -0.661. The summed E-state index contributed by atoms with van der Waals surface area (Å²) in [6, 6.07) is 7.56. The summed E-state index contributed by atoms with van der Waals surface area (Å²) < 4.78 is 6.24. The van der Waals surface area contributed by atoms with Gasteiger partial charge < -0.3 is 9.84 Å². The van der Waals surface area contributed by atoms with Gasteiger partial charge in [0.2, 0.25) is 0 Å². The van der Waals surface area contributed by atoms with Crippen LogP contribution in [0.25, 0.3) is 6.08 Å². The van der Waals surface area contributed by atoms with Crippen LogP contribution in [0.15, 0.2) is 29.2 Å². The van der Waals surface area contributed by atoms with E-state index >= 15 is 0 Å². The number of amides is 1. The summed E-state index contributed by atoms with van der Waals surface area (Å²) >= 11 is 6.21. The maximum absolute atomic E-state index is 12.3. The van der Waals surface area contributed by atoms with Gasteiger partial charge in [0.05, 0.1) is 11.0 Å². The Bertz CT molecular complexity index is 710. The molecule has 5 nitrogen and oxygen atoms in total. The summed E-state index contributed by atoms with van der Waals surface area (Å²) in [4.78, 5) is 24.6. The number of nitrogens with zero attached hydrogens (tertiary/aromatic N) is 1. The molecule has 1 heterocycles. The van der Waals surface area contributed by atoms with Crippen molar-refractivity contribution in [3.8, 4) is 5.75 Å². The highest BCUT2D eigenvalue weighted by Crippen LogP contribution is 2.33. The summed E-state index contributed by atoms with van der Waals surface area (Å²) in [6.07, 6.45) is 6.57. The molecule has 1 saturated heterocycles. The van der Waals surface area contributed by atoms with Crippen molar-refractivity contribution in [2.75, 3.05) is 6.54 Å². The van der Waals surface area contributed by atoms with E-state index in [-0.39, 0.29) is 16.3 Å². The SMILES string of the molecule is O=C(O)CN1C(=O)/C(=C/c2cccc(OC3CCCC3)c2)SC1=S. The van der Waals surface area contributed by atoms with Crippen LogP contribution in [-0.2, 0) is 9.59 Å². The van der Waals surface area contributed by atoms with Crippen molar-refractivity contribution < 1.29 is 19.4 Å². The Morgan fingerprint density at radius 3 is 2.88 bits per heavy atom. The average Bonchev–Trinajstić information content (AvgIpc) is 3.12. The second-order valence-electron chi connectivity index (χ2n) is 5.76. The number of benzene rings is 1. The zero-order chi connectivity index (χ0) is 17.1. The van der Waals surface area contributed by atoms with Crippen LogP contribution in [0.2, 0.25) is 0 Å². The Kier molecular flexibility index (Phi) is 5.20. The van der Waals surface area contributed by atoms with E-state index in [1.54, 1.807) is 6.08 Å². The number of carbonyl (C=O) groups excluding carboxylic acids is 1. The lowest BCUT2D eigenvalue weighted by molar-refractivity contribution is -0.140. The minimum Gasteiger partial charge on any atom is -0.490 e. The molecule has 0 aromatic heterocycles. The molecule has 1 saturated carbocycles. The van der Waals surface area contributed by atoms with Gasteiger partial charge >= 0.3 is 5.97 Å². The lowest BCUT2D eigenvalue weighted by Gasteiger charge is -2.13. The van der Waals surface area contributed by atoms with E-state index in [1.165, 1.54) is 12.8 Å². The molecule has 0 spiro atoms. The topological polar surface area (TPSA) is 66.8 Å². The Morgan fingerprint density at radius 1 is 1.42 bits per heavy atom. The van der Waals surface area contributed by atoms with E-state index in [0.717, 1.165) is 40.8 Å². The number of carboxylic acid groups (broad SMARTS) is 1. The van der Waals surface area contributed by atoms with Crippen LogP contribution in [0.5, 0.6) is 5.75 Å². The van der Waals surface area contributed by atoms with Gasteiger partial charge in [0.1, 0.15) is 16.6 Å². The number of aliphatic carboxylic acids is 1. The standard InChI is InChI=1S/C17H17NO4S2/c19-15(20)10-18-16(21)14(24-17(18)23)9-11-4-3-7-13(8-11)22-12-5-1-2-6-12/h3-4,7-9,12H,1-2,5-6,10H2,(H,19,20)/b14-9-. The molecule has 0 unspecified atom stereocenters. The molecule has 0 radical (unpaired) electrons. The fraction of sp³-hybridized carbons (Fsp3) is 0.353. The Morgan fingerprint density at radius 2 is 2.17 bits per heavy atom. The summed E-state index contributed by atoms with van der Waals surface area (Å²) in [6.45, 7) is -0.410. The molecule has 7 heteroatoms. The van der Waals surface area contributed by atoms with E-state index in [9.17, 15) is 9.59 Å². The molecule has 1 aliphatic carbocycles. The molecule has 1 amide bonds. The van der Waals surface area contributed by atoms with Crippen molar-refractivity contribution in [2.24, 2.45) is 0 Å². The molecule has 0 atom stereocenters. The molecule has 2 aliphatic rings. The summed E-state index contributed by atoms with van der Waals surface area (Å²) in [5, 5.41) is 8.86. The first kappa shape index (κ1) is 17.0. The molecular weight excluding hydrogens is 346 g/mol. The zero-order valence-corrected chi connectivity index (χ0v) is 14.6. The smallest absolute Gasteiger partial charge is 0.323 e. The number of rotatable bonds is 5. The molecule has 1 aromatic carbocycles. The van der Waals surface area contributed by atoms with Gasteiger partial charge in [-0.25, -0.2) is 0 Å². The molecule has 1 aromatic rings. The van der Waals surface area contributed by atoms with Crippen LogP contribution >= 0.6 is 24.0 Å². The Balaban J connectivity index is 1.74. The van der Waals surface area contributed by atoms with Gasteiger partial charge in [-0.15, -0.1) is 0 Å². The van der Waals surface area contributed by atoms with Gasteiger partial charge in [-0.3, -0.25) is 14.5 Å². The van der Waals surface area contributed by atoms with E-state index < -0.39 is 12.5 Å². The lowest BCUT2D eigenvalue weighted by Crippen LogP contribution is -2.33. The third kappa shape index (κ3) is 3.96. The highest BCUT2D eigenvalue weighted by molar-refractivity contribution is 8.26. The van der Waals surface area contributed by atoms with E-state index in [1.807, 2.05) is 24.3 Å². The van der Waals surface area contributed by atoms with Gasteiger partial charge in [0.25, 0.3) is 5.91 Å². The Hall–Kier alpha value is -1.86.